The molecule has 2 N–H and O–H groups in total. The molecule has 0 aliphatic carbocycles. The number of nitrogens with zero attached hydrogens (tertiary/aromatic N) is 3. The second kappa shape index (κ2) is 6.92. The van der Waals surface area contributed by atoms with E-state index < -0.39 is 17.6 Å². The van der Waals surface area contributed by atoms with E-state index in [-0.39, 0.29) is 11.7 Å². The van der Waals surface area contributed by atoms with E-state index in [0.717, 1.165) is 18.7 Å². The summed E-state index contributed by atoms with van der Waals surface area (Å²) in [5.41, 5.74) is 1.72. The van der Waals surface area contributed by atoms with Crippen LogP contribution in [0.25, 0.3) is 0 Å². The van der Waals surface area contributed by atoms with Crippen LogP contribution in [0.15, 0.2) is 30.6 Å². The third kappa shape index (κ3) is 3.96. The second-order valence-corrected chi connectivity index (χ2v) is 6.20. The summed E-state index contributed by atoms with van der Waals surface area (Å²) in [6.45, 7) is 3.02. The highest BCUT2D eigenvalue weighted by Crippen LogP contribution is 2.19. The van der Waals surface area contributed by atoms with Crippen molar-refractivity contribution in [2.75, 3.05) is 23.3 Å². The molecule has 1 aromatic carbocycles. The maximum absolute atomic E-state index is 13.5. The minimum atomic E-state index is -0.803. The van der Waals surface area contributed by atoms with Gasteiger partial charge in [-0.05, 0) is 31.0 Å². The van der Waals surface area contributed by atoms with Crippen LogP contribution in [0, 0.1) is 12.7 Å². The molecule has 3 rings (SSSR count). The molecule has 25 heavy (non-hydrogen) atoms. The van der Waals surface area contributed by atoms with Gasteiger partial charge in [0.1, 0.15) is 5.82 Å². The van der Waals surface area contributed by atoms with Crippen LogP contribution in [-0.4, -0.2) is 40.7 Å². The Labute approximate surface area is 144 Å². The van der Waals surface area contributed by atoms with Crippen molar-refractivity contribution in [3.63, 3.8) is 0 Å². The molecule has 1 saturated heterocycles. The Morgan fingerprint density at radius 2 is 2.12 bits per heavy atom. The van der Waals surface area contributed by atoms with Crippen molar-refractivity contribution in [1.29, 1.82) is 0 Å². The topological polar surface area (TPSA) is 79.3 Å². The largest absolute Gasteiger partial charge is 0.367 e. The molecule has 1 atom stereocenters. The van der Waals surface area contributed by atoms with Gasteiger partial charge in [-0.1, -0.05) is 6.07 Å². The van der Waals surface area contributed by atoms with Crippen LogP contribution in [0.1, 0.15) is 12.0 Å². The lowest BCUT2D eigenvalue weighted by atomic mass is 10.2. The van der Waals surface area contributed by atoms with E-state index in [9.17, 15) is 14.0 Å². The summed E-state index contributed by atoms with van der Waals surface area (Å²) in [6.07, 6.45) is 4.42. The molecule has 0 spiro atoms. The molecule has 0 radical (unpaired) electrons. The van der Waals surface area contributed by atoms with Crippen LogP contribution < -0.4 is 15.5 Å². The first kappa shape index (κ1) is 16.9. The van der Waals surface area contributed by atoms with E-state index in [4.69, 9.17) is 0 Å². The molecule has 2 aromatic rings. The average molecular weight is 345 g/mol. The predicted molar refractivity (Wildman–Crippen MR) is 91.7 cm³/mol. The molecule has 0 bridgehead atoms. The molecule has 2 heterocycles. The van der Waals surface area contributed by atoms with Crippen molar-refractivity contribution in [3.05, 3.63) is 42.0 Å². The third-order valence-electron chi connectivity index (χ3n) is 4.22. The van der Waals surface area contributed by atoms with Gasteiger partial charge >= 0.3 is 11.8 Å². The summed E-state index contributed by atoms with van der Waals surface area (Å²) in [4.78, 5) is 26.1. The molecule has 8 heteroatoms. The van der Waals surface area contributed by atoms with Crippen molar-refractivity contribution in [3.8, 4) is 0 Å². The zero-order valence-corrected chi connectivity index (χ0v) is 14.1. The summed E-state index contributed by atoms with van der Waals surface area (Å²) >= 11 is 0. The number of rotatable bonds is 3. The number of amides is 2. The van der Waals surface area contributed by atoms with E-state index in [1.165, 1.54) is 6.07 Å². The van der Waals surface area contributed by atoms with E-state index in [1.54, 1.807) is 29.9 Å². The lowest BCUT2D eigenvalue weighted by molar-refractivity contribution is -0.136. The van der Waals surface area contributed by atoms with Gasteiger partial charge in [-0.15, -0.1) is 0 Å². The first-order chi connectivity index (χ1) is 11.9. The number of carbonyl (C=O) groups is 2. The molecule has 1 aliphatic heterocycles. The van der Waals surface area contributed by atoms with Crippen LogP contribution in [0.3, 0.4) is 0 Å². The van der Waals surface area contributed by atoms with Crippen molar-refractivity contribution < 1.29 is 14.0 Å². The van der Waals surface area contributed by atoms with Gasteiger partial charge in [-0.2, -0.15) is 5.10 Å². The zero-order chi connectivity index (χ0) is 18.0. The van der Waals surface area contributed by atoms with Crippen LogP contribution in [0.5, 0.6) is 0 Å². The Balaban J connectivity index is 1.53. The monoisotopic (exact) mass is 345 g/mol. The SMILES string of the molecule is Cc1ccc(NC(=O)C(=O)N[C@H]2CCN(c3cnn(C)c3)C2)cc1F. The average Bonchev–Trinajstić information content (AvgIpc) is 3.19. The summed E-state index contributed by atoms with van der Waals surface area (Å²) in [5, 5.41) is 9.26. The number of anilines is 2. The predicted octanol–water partition coefficient (Wildman–Crippen LogP) is 1.20. The summed E-state index contributed by atoms with van der Waals surface area (Å²) in [7, 11) is 1.84. The first-order valence-electron chi connectivity index (χ1n) is 8.04. The van der Waals surface area contributed by atoms with Crippen LogP contribution in [0.2, 0.25) is 0 Å². The quantitative estimate of drug-likeness (QED) is 0.820. The number of benzene rings is 1. The van der Waals surface area contributed by atoms with Crippen molar-refractivity contribution >= 4 is 23.2 Å². The molecule has 1 aliphatic rings. The fourth-order valence-corrected chi connectivity index (χ4v) is 2.79. The molecule has 1 fully saturated rings. The molecular formula is C17H20FN5O2. The van der Waals surface area contributed by atoms with E-state index >= 15 is 0 Å². The summed E-state index contributed by atoms with van der Waals surface area (Å²) in [5.74, 6) is -1.96. The maximum atomic E-state index is 13.5. The van der Waals surface area contributed by atoms with Crippen LogP contribution in [-0.2, 0) is 16.6 Å². The van der Waals surface area contributed by atoms with Gasteiger partial charge in [0.15, 0.2) is 0 Å². The lowest BCUT2D eigenvalue weighted by Gasteiger charge is -2.16. The Bertz CT molecular complexity index is 804. The highest BCUT2D eigenvalue weighted by molar-refractivity contribution is 6.39. The third-order valence-corrected chi connectivity index (χ3v) is 4.22. The highest BCUT2D eigenvalue weighted by atomic mass is 19.1. The van der Waals surface area contributed by atoms with Gasteiger partial charge in [0, 0.05) is 38.1 Å². The minimum Gasteiger partial charge on any atom is -0.367 e. The Kier molecular flexibility index (Phi) is 4.69. The molecule has 0 unspecified atom stereocenters. The zero-order valence-electron chi connectivity index (χ0n) is 14.1. The van der Waals surface area contributed by atoms with E-state index in [0.29, 0.717) is 12.1 Å². The molecule has 0 saturated carbocycles. The van der Waals surface area contributed by atoms with Crippen LogP contribution in [0.4, 0.5) is 15.8 Å². The smallest absolute Gasteiger partial charge is 0.313 e. The lowest BCUT2D eigenvalue weighted by Crippen LogP contribution is -2.43. The van der Waals surface area contributed by atoms with Crippen molar-refractivity contribution in [2.24, 2.45) is 7.05 Å². The number of carbonyl (C=O) groups excluding carboxylic acids is 2. The molecule has 2 amide bonds. The van der Waals surface area contributed by atoms with Crippen LogP contribution >= 0.6 is 0 Å². The summed E-state index contributed by atoms with van der Waals surface area (Å²) in [6, 6.07) is 4.18. The minimum absolute atomic E-state index is 0.117. The number of hydrogen-bond donors (Lipinski definition) is 2. The molecular weight excluding hydrogens is 325 g/mol. The van der Waals surface area contributed by atoms with Gasteiger partial charge in [0.05, 0.1) is 11.9 Å². The first-order valence-corrected chi connectivity index (χ1v) is 8.04. The van der Waals surface area contributed by atoms with E-state index in [2.05, 4.69) is 20.6 Å². The van der Waals surface area contributed by atoms with Gasteiger partial charge in [0.25, 0.3) is 0 Å². The fraction of sp³-hybridized carbons (Fsp3) is 0.353. The van der Waals surface area contributed by atoms with Gasteiger partial charge in [0.2, 0.25) is 0 Å². The summed E-state index contributed by atoms with van der Waals surface area (Å²) < 4.78 is 15.2. The molecule has 7 nitrogen and oxygen atoms in total. The number of nitrogens with one attached hydrogen (secondary N) is 2. The second-order valence-electron chi connectivity index (χ2n) is 6.20. The Hall–Kier alpha value is -2.90. The van der Waals surface area contributed by atoms with Crippen molar-refractivity contribution in [1.82, 2.24) is 15.1 Å². The number of aromatic nitrogens is 2. The van der Waals surface area contributed by atoms with Gasteiger partial charge in [-0.25, -0.2) is 4.39 Å². The highest BCUT2D eigenvalue weighted by Gasteiger charge is 2.27. The maximum Gasteiger partial charge on any atom is 0.313 e. The van der Waals surface area contributed by atoms with Gasteiger partial charge in [-0.3, -0.25) is 14.3 Å². The fourth-order valence-electron chi connectivity index (χ4n) is 2.79. The molecule has 132 valence electrons. The molecule has 1 aromatic heterocycles. The number of hydrogen-bond acceptors (Lipinski definition) is 4. The number of halogens is 1. The Morgan fingerprint density at radius 3 is 2.80 bits per heavy atom. The Morgan fingerprint density at radius 1 is 1.32 bits per heavy atom. The van der Waals surface area contributed by atoms with Gasteiger partial charge < -0.3 is 15.5 Å². The standard InChI is InChI=1S/C17H20FN5O2/c1-11-3-4-12(7-15(11)18)20-16(24)17(25)21-13-5-6-23(9-13)14-8-19-22(2)10-14/h3-4,7-8,10,13H,5-6,9H2,1-2H3,(H,20,24)(H,21,25)/t13-/m0/s1. The number of aryl methyl sites for hydroxylation is 2. The normalized spacial score (nSPS) is 16.8. The van der Waals surface area contributed by atoms with E-state index in [1.807, 2.05) is 13.2 Å². The van der Waals surface area contributed by atoms with Crippen molar-refractivity contribution in [2.45, 2.75) is 19.4 Å².